The van der Waals surface area contributed by atoms with Crippen LogP contribution < -0.4 is 5.32 Å². The molecule has 0 aliphatic carbocycles. The number of fused-ring (bicyclic) bond motifs is 1. The van der Waals surface area contributed by atoms with E-state index in [0.29, 0.717) is 6.04 Å². The molecule has 0 aliphatic rings. The lowest BCUT2D eigenvalue weighted by Crippen LogP contribution is -2.21. The van der Waals surface area contributed by atoms with Crippen LogP contribution >= 0.6 is 11.3 Å². The first-order valence-electron chi connectivity index (χ1n) is 6.38. The lowest BCUT2D eigenvalue weighted by molar-refractivity contribution is 0.557. The molecule has 1 N–H and O–H groups in total. The fourth-order valence-electron chi connectivity index (χ4n) is 2.47. The van der Waals surface area contributed by atoms with E-state index in [1.807, 2.05) is 38.0 Å². The summed E-state index contributed by atoms with van der Waals surface area (Å²) < 4.78 is 3.44. The van der Waals surface area contributed by atoms with Crippen LogP contribution in [0, 0.1) is 0 Å². The molecule has 0 spiro atoms. The van der Waals surface area contributed by atoms with Crippen molar-refractivity contribution in [2.75, 3.05) is 7.05 Å². The largest absolute Gasteiger partial charge is 0.336 e. The minimum atomic E-state index is 0.297. The first kappa shape index (κ1) is 12.4. The SMILES string of the molecule is CNC(Cc1csc2ccccc12)c1cncn1C. The van der Waals surface area contributed by atoms with Crippen LogP contribution in [-0.4, -0.2) is 16.6 Å². The zero-order chi connectivity index (χ0) is 13.2. The van der Waals surface area contributed by atoms with Crippen LogP contribution in [0.2, 0.25) is 0 Å². The molecule has 0 saturated heterocycles. The minimum absolute atomic E-state index is 0.297. The maximum atomic E-state index is 4.21. The van der Waals surface area contributed by atoms with Crippen molar-refractivity contribution in [2.24, 2.45) is 7.05 Å². The molecule has 2 heterocycles. The van der Waals surface area contributed by atoms with Crippen LogP contribution in [0.25, 0.3) is 10.1 Å². The van der Waals surface area contributed by atoms with E-state index in [1.54, 1.807) is 0 Å². The molecule has 3 nitrogen and oxygen atoms in total. The summed E-state index contributed by atoms with van der Waals surface area (Å²) in [6.07, 6.45) is 4.78. The maximum absolute atomic E-state index is 4.21. The molecule has 1 aromatic carbocycles. The highest BCUT2D eigenvalue weighted by molar-refractivity contribution is 7.17. The lowest BCUT2D eigenvalue weighted by Gasteiger charge is -2.16. The summed E-state index contributed by atoms with van der Waals surface area (Å²) in [4.78, 5) is 4.21. The van der Waals surface area contributed by atoms with Crippen molar-refractivity contribution in [3.63, 3.8) is 0 Å². The van der Waals surface area contributed by atoms with Crippen molar-refractivity contribution in [2.45, 2.75) is 12.5 Å². The van der Waals surface area contributed by atoms with Crippen molar-refractivity contribution in [3.8, 4) is 0 Å². The third kappa shape index (κ3) is 2.29. The Morgan fingerprint density at radius 1 is 1.37 bits per heavy atom. The van der Waals surface area contributed by atoms with Gasteiger partial charge >= 0.3 is 0 Å². The summed E-state index contributed by atoms with van der Waals surface area (Å²) in [5.74, 6) is 0. The van der Waals surface area contributed by atoms with Crippen LogP contribution in [0.15, 0.2) is 42.2 Å². The first-order chi connectivity index (χ1) is 9.29. The number of nitrogens with zero attached hydrogens (tertiary/aromatic N) is 2. The molecule has 3 aromatic rings. The van der Waals surface area contributed by atoms with Gasteiger partial charge in [0.15, 0.2) is 0 Å². The Morgan fingerprint density at radius 2 is 2.21 bits per heavy atom. The highest BCUT2D eigenvalue weighted by atomic mass is 32.1. The topological polar surface area (TPSA) is 29.9 Å². The van der Waals surface area contributed by atoms with E-state index in [4.69, 9.17) is 0 Å². The summed E-state index contributed by atoms with van der Waals surface area (Å²) in [5, 5.41) is 7.03. The van der Waals surface area contributed by atoms with Gasteiger partial charge < -0.3 is 9.88 Å². The van der Waals surface area contributed by atoms with Gasteiger partial charge in [0.25, 0.3) is 0 Å². The van der Waals surface area contributed by atoms with Gasteiger partial charge in [0.05, 0.1) is 18.1 Å². The smallest absolute Gasteiger partial charge is 0.0946 e. The van der Waals surface area contributed by atoms with Crippen LogP contribution in [-0.2, 0) is 13.5 Å². The van der Waals surface area contributed by atoms with Gasteiger partial charge in [-0.1, -0.05) is 18.2 Å². The van der Waals surface area contributed by atoms with Gasteiger partial charge in [0.1, 0.15) is 0 Å². The molecular weight excluding hydrogens is 254 g/mol. The summed E-state index contributed by atoms with van der Waals surface area (Å²) in [6, 6.07) is 8.89. The molecule has 19 heavy (non-hydrogen) atoms. The quantitative estimate of drug-likeness (QED) is 0.790. The van der Waals surface area contributed by atoms with Crippen molar-refractivity contribution in [1.82, 2.24) is 14.9 Å². The van der Waals surface area contributed by atoms with E-state index in [0.717, 1.165) is 6.42 Å². The normalized spacial score (nSPS) is 12.9. The second-order valence-corrected chi connectivity index (χ2v) is 5.64. The molecule has 1 unspecified atom stereocenters. The van der Waals surface area contributed by atoms with E-state index < -0.39 is 0 Å². The lowest BCUT2D eigenvalue weighted by atomic mass is 10.0. The molecule has 1 atom stereocenters. The number of nitrogens with one attached hydrogen (secondary N) is 1. The predicted octanol–water partition coefficient (Wildman–Crippen LogP) is 3.14. The second-order valence-electron chi connectivity index (χ2n) is 4.73. The molecule has 0 fully saturated rings. The standard InChI is InChI=1S/C15H17N3S/c1-16-13(14-8-17-10-18(14)2)7-11-9-19-15-6-4-3-5-12(11)15/h3-6,8-10,13,16H,7H2,1-2H3. The minimum Gasteiger partial charge on any atom is -0.336 e. The summed E-state index contributed by atoms with van der Waals surface area (Å²) in [7, 11) is 4.05. The average Bonchev–Trinajstić information content (AvgIpc) is 3.03. The Hall–Kier alpha value is -1.65. The van der Waals surface area contributed by atoms with E-state index in [-0.39, 0.29) is 0 Å². The summed E-state index contributed by atoms with van der Waals surface area (Å²) in [5.41, 5.74) is 2.62. The molecule has 0 amide bonds. The molecule has 98 valence electrons. The fraction of sp³-hybridized carbons (Fsp3) is 0.267. The highest BCUT2D eigenvalue weighted by Crippen LogP contribution is 2.29. The van der Waals surface area contributed by atoms with Crippen LogP contribution in [0.4, 0.5) is 0 Å². The Balaban J connectivity index is 1.93. The first-order valence-corrected chi connectivity index (χ1v) is 7.26. The molecular formula is C15H17N3S. The molecule has 3 rings (SSSR count). The molecule has 0 bridgehead atoms. The molecule has 0 saturated carbocycles. The monoisotopic (exact) mass is 271 g/mol. The Bertz CT molecular complexity index is 683. The van der Waals surface area contributed by atoms with Crippen LogP contribution in [0.3, 0.4) is 0 Å². The van der Waals surface area contributed by atoms with E-state index >= 15 is 0 Å². The van der Waals surface area contributed by atoms with Crippen LogP contribution in [0.1, 0.15) is 17.3 Å². The number of imidazole rings is 1. The number of likely N-dealkylation sites (N-methyl/N-ethyl adjacent to an activating group) is 1. The number of hydrogen-bond donors (Lipinski definition) is 1. The Kier molecular flexibility index (Phi) is 3.36. The molecule has 0 aliphatic heterocycles. The predicted molar refractivity (Wildman–Crippen MR) is 80.5 cm³/mol. The summed E-state index contributed by atoms with van der Waals surface area (Å²) >= 11 is 1.82. The zero-order valence-electron chi connectivity index (χ0n) is 11.1. The third-order valence-electron chi connectivity index (χ3n) is 3.54. The number of rotatable bonds is 4. The van der Waals surface area contributed by atoms with Crippen molar-refractivity contribution in [1.29, 1.82) is 0 Å². The second kappa shape index (κ2) is 5.15. The van der Waals surface area contributed by atoms with Crippen molar-refractivity contribution < 1.29 is 0 Å². The van der Waals surface area contributed by atoms with Crippen LogP contribution in [0.5, 0.6) is 0 Å². The third-order valence-corrected chi connectivity index (χ3v) is 4.56. The molecule has 2 aromatic heterocycles. The van der Waals surface area contributed by atoms with Gasteiger partial charge in [-0.05, 0) is 35.9 Å². The van der Waals surface area contributed by atoms with Gasteiger partial charge in [-0.15, -0.1) is 11.3 Å². The van der Waals surface area contributed by atoms with Gasteiger partial charge in [0, 0.05) is 17.9 Å². The average molecular weight is 271 g/mol. The summed E-state index contributed by atoms with van der Waals surface area (Å²) in [6.45, 7) is 0. The van der Waals surface area contributed by atoms with E-state index in [2.05, 4.69) is 44.5 Å². The van der Waals surface area contributed by atoms with Gasteiger partial charge in [0.2, 0.25) is 0 Å². The maximum Gasteiger partial charge on any atom is 0.0946 e. The van der Waals surface area contributed by atoms with E-state index in [9.17, 15) is 0 Å². The molecule has 0 radical (unpaired) electrons. The number of hydrogen-bond acceptors (Lipinski definition) is 3. The number of aromatic nitrogens is 2. The number of thiophene rings is 1. The highest BCUT2D eigenvalue weighted by Gasteiger charge is 2.15. The van der Waals surface area contributed by atoms with Crippen molar-refractivity contribution in [3.05, 3.63) is 53.4 Å². The van der Waals surface area contributed by atoms with Crippen molar-refractivity contribution >= 4 is 21.4 Å². The zero-order valence-corrected chi connectivity index (χ0v) is 11.9. The molecule has 4 heteroatoms. The van der Waals surface area contributed by atoms with E-state index in [1.165, 1.54) is 21.3 Å². The number of benzene rings is 1. The Labute approximate surface area is 116 Å². The van der Waals surface area contributed by atoms with Gasteiger partial charge in [-0.2, -0.15) is 0 Å². The fourth-order valence-corrected chi connectivity index (χ4v) is 3.44. The number of aryl methyl sites for hydroxylation is 1. The van der Waals surface area contributed by atoms with Gasteiger partial charge in [-0.3, -0.25) is 0 Å². The Morgan fingerprint density at radius 3 is 2.95 bits per heavy atom. The van der Waals surface area contributed by atoms with Gasteiger partial charge in [-0.25, -0.2) is 4.98 Å².